The SMILES string of the molecule is CCCCOc1ccc([C@H]2C(=C(O)c3ccc4c(c3)C[C@@H](C)O4)C(=O)C(=O)N2CCCOC)cc1OC. The predicted octanol–water partition coefficient (Wildman–Crippen LogP) is 4.66. The lowest BCUT2D eigenvalue weighted by molar-refractivity contribution is -0.140. The van der Waals surface area contributed by atoms with Gasteiger partial charge in [-0.05, 0) is 61.2 Å². The maximum absolute atomic E-state index is 13.3. The maximum Gasteiger partial charge on any atom is 0.295 e. The number of unbranched alkanes of at least 4 members (excludes halogenated alkanes) is 1. The summed E-state index contributed by atoms with van der Waals surface area (Å²) in [5.41, 5.74) is 2.13. The first-order chi connectivity index (χ1) is 17.9. The molecule has 0 radical (unpaired) electrons. The van der Waals surface area contributed by atoms with E-state index in [0.717, 1.165) is 24.2 Å². The summed E-state index contributed by atoms with van der Waals surface area (Å²) in [6, 6.07) is 9.93. The molecule has 2 heterocycles. The van der Waals surface area contributed by atoms with Crippen molar-refractivity contribution in [3.8, 4) is 17.2 Å². The predicted molar refractivity (Wildman–Crippen MR) is 139 cm³/mol. The number of rotatable bonds is 11. The maximum atomic E-state index is 13.3. The molecular weight excluding hydrogens is 474 g/mol. The summed E-state index contributed by atoms with van der Waals surface area (Å²) in [5.74, 6) is 0.282. The van der Waals surface area contributed by atoms with Gasteiger partial charge in [0.2, 0.25) is 0 Å². The van der Waals surface area contributed by atoms with E-state index < -0.39 is 17.7 Å². The largest absolute Gasteiger partial charge is 0.507 e. The molecular formula is C29H35NO7. The van der Waals surface area contributed by atoms with E-state index in [4.69, 9.17) is 18.9 Å². The van der Waals surface area contributed by atoms with Gasteiger partial charge in [-0.15, -0.1) is 0 Å². The number of likely N-dealkylation sites (tertiary alicyclic amines) is 1. The van der Waals surface area contributed by atoms with Gasteiger partial charge in [0.05, 0.1) is 25.3 Å². The lowest BCUT2D eigenvalue weighted by Crippen LogP contribution is -2.31. The van der Waals surface area contributed by atoms with Crippen molar-refractivity contribution >= 4 is 17.4 Å². The molecule has 8 heteroatoms. The van der Waals surface area contributed by atoms with E-state index in [-0.39, 0.29) is 17.4 Å². The van der Waals surface area contributed by atoms with E-state index in [1.54, 1.807) is 38.5 Å². The molecule has 1 fully saturated rings. The number of aliphatic hydroxyl groups excluding tert-OH is 1. The fraction of sp³-hybridized carbons (Fsp3) is 0.448. The molecule has 198 valence electrons. The number of methoxy groups -OCH3 is 2. The number of ether oxygens (including phenoxy) is 4. The summed E-state index contributed by atoms with van der Waals surface area (Å²) in [6.07, 6.45) is 3.22. The molecule has 0 saturated carbocycles. The van der Waals surface area contributed by atoms with Gasteiger partial charge in [0.25, 0.3) is 11.7 Å². The van der Waals surface area contributed by atoms with Crippen LogP contribution in [0, 0.1) is 0 Å². The molecule has 2 atom stereocenters. The van der Waals surface area contributed by atoms with Crippen molar-refractivity contribution < 1.29 is 33.6 Å². The minimum atomic E-state index is -0.779. The molecule has 37 heavy (non-hydrogen) atoms. The van der Waals surface area contributed by atoms with Crippen LogP contribution in [0.25, 0.3) is 5.76 Å². The smallest absolute Gasteiger partial charge is 0.295 e. The lowest BCUT2D eigenvalue weighted by Gasteiger charge is -2.26. The van der Waals surface area contributed by atoms with E-state index in [0.29, 0.717) is 55.2 Å². The van der Waals surface area contributed by atoms with Crippen LogP contribution >= 0.6 is 0 Å². The highest BCUT2D eigenvalue weighted by atomic mass is 16.5. The number of Topliss-reactive ketones (excluding diaryl/α,β-unsaturated/α-hetero) is 1. The van der Waals surface area contributed by atoms with Gasteiger partial charge >= 0.3 is 0 Å². The van der Waals surface area contributed by atoms with Gasteiger partial charge < -0.3 is 29.0 Å². The molecule has 1 amide bonds. The molecule has 2 aromatic rings. The van der Waals surface area contributed by atoms with E-state index >= 15 is 0 Å². The first kappa shape index (κ1) is 26.5. The second kappa shape index (κ2) is 11.7. The molecule has 2 aliphatic heterocycles. The number of fused-ring (bicyclic) bond motifs is 1. The van der Waals surface area contributed by atoms with Crippen LogP contribution in [0.4, 0.5) is 0 Å². The van der Waals surface area contributed by atoms with Crippen LogP contribution in [0.3, 0.4) is 0 Å². The second-order valence-corrected chi connectivity index (χ2v) is 9.41. The second-order valence-electron chi connectivity index (χ2n) is 9.41. The van der Waals surface area contributed by atoms with Crippen molar-refractivity contribution in [3.63, 3.8) is 0 Å². The van der Waals surface area contributed by atoms with Gasteiger partial charge in [-0.1, -0.05) is 19.4 Å². The Morgan fingerprint density at radius 3 is 2.62 bits per heavy atom. The highest BCUT2D eigenvalue weighted by molar-refractivity contribution is 6.46. The van der Waals surface area contributed by atoms with E-state index in [1.165, 1.54) is 4.90 Å². The first-order valence-corrected chi connectivity index (χ1v) is 12.8. The molecule has 0 spiro atoms. The van der Waals surface area contributed by atoms with Gasteiger partial charge in [-0.3, -0.25) is 9.59 Å². The van der Waals surface area contributed by atoms with Crippen molar-refractivity contribution in [1.82, 2.24) is 4.90 Å². The summed E-state index contributed by atoms with van der Waals surface area (Å²) in [6.45, 7) is 5.36. The Labute approximate surface area is 217 Å². The summed E-state index contributed by atoms with van der Waals surface area (Å²) < 4.78 is 22.4. The van der Waals surface area contributed by atoms with Crippen molar-refractivity contribution in [2.45, 2.75) is 51.7 Å². The Kier molecular flexibility index (Phi) is 8.38. The molecule has 1 N–H and O–H groups in total. The number of hydrogen-bond donors (Lipinski definition) is 1. The molecule has 8 nitrogen and oxygen atoms in total. The number of aliphatic hydroxyl groups is 1. The standard InChI is InChI=1S/C29H35NO7/c1-5-6-14-36-23-11-8-19(17-24(23)35-4)26-25(28(32)29(33)30(26)12-7-13-34-3)27(31)20-9-10-22-21(16-20)15-18(2)37-22/h8-11,16-18,26,31H,5-7,12-15H2,1-4H3/t18-,26+/m1/s1. The quantitative estimate of drug-likeness (QED) is 0.204. The summed E-state index contributed by atoms with van der Waals surface area (Å²) in [5, 5.41) is 11.4. The summed E-state index contributed by atoms with van der Waals surface area (Å²) in [4.78, 5) is 28.0. The van der Waals surface area contributed by atoms with Gasteiger partial charge in [-0.25, -0.2) is 0 Å². The molecule has 2 aromatic carbocycles. The molecule has 4 rings (SSSR count). The normalized spacial score (nSPS) is 20.2. The Hall–Kier alpha value is -3.52. The Balaban J connectivity index is 1.78. The minimum absolute atomic E-state index is 0.0456. The molecule has 0 unspecified atom stereocenters. The minimum Gasteiger partial charge on any atom is -0.507 e. The number of hydrogen-bond acceptors (Lipinski definition) is 7. The van der Waals surface area contributed by atoms with Crippen molar-refractivity contribution in [1.29, 1.82) is 0 Å². The molecule has 2 aliphatic rings. The van der Waals surface area contributed by atoms with E-state index in [2.05, 4.69) is 6.92 Å². The fourth-order valence-electron chi connectivity index (χ4n) is 4.86. The van der Waals surface area contributed by atoms with Crippen LogP contribution in [0.15, 0.2) is 42.0 Å². The van der Waals surface area contributed by atoms with Crippen LogP contribution in [-0.2, 0) is 20.7 Å². The van der Waals surface area contributed by atoms with Gasteiger partial charge in [0.15, 0.2) is 11.5 Å². The summed E-state index contributed by atoms with van der Waals surface area (Å²) in [7, 11) is 3.14. The third-order valence-corrected chi connectivity index (χ3v) is 6.72. The first-order valence-electron chi connectivity index (χ1n) is 12.8. The van der Waals surface area contributed by atoms with Crippen LogP contribution in [-0.4, -0.2) is 61.8 Å². The van der Waals surface area contributed by atoms with Crippen molar-refractivity contribution in [2.75, 3.05) is 34.0 Å². The van der Waals surface area contributed by atoms with Crippen molar-refractivity contribution in [2.24, 2.45) is 0 Å². The average molecular weight is 510 g/mol. The van der Waals surface area contributed by atoms with Gasteiger partial charge in [0, 0.05) is 32.2 Å². The van der Waals surface area contributed by atoms with Gasteiger partial charge in [-0.2, -0.15) is 0 Å². The highest BCUT2D eigenvalue weighted by Crippen LogP contribution is 2.42. The molecule has 0 bridgehead atoms. The third-order valence-electron chi connectivity index (χ3n) is 6.72. The number of nitrogens with zero attached hydrogens (tertiary/aromatic N) is 1. The fourth-order valence-corrected chi connectivity index (χ4v) is 4.86. The number of benzene rings is 2. The van der Waals surface area contributed by atoms with Crippen LogP contribution in [0.5, 0.6) is 17.2 Å². The van der Waals surface area contributed by atoms with Crippen molar-refractivity contribution in [3.05, 3.63) is 58.7 Å². The molecule has 0 aromatic heterocycles. The number of carbonyl (C=O) groups excluding carboxylic acids is 2. The van der Waals surface area contributed by atoms with Crippen LogP contribution in [0.2, 0.25) is 0 Å². The summed E-state index contributed by atoms with van der Waals surface area (Å²) >= 11 is 0. The number of ketones is 1. The Bertz CT molecular complexity index is 1190. The lowest BCUT2D eigenvalue weighted by atomic mass is 9.94. The van der Waals surface area contributed by atoms with Crippen LogP contribution in [0.1, 0.15) is 55.8 Å². The number of amides is 1. The topological polar surface area (TPSA) is 94.5 Å². The number of carbonyl (C=O) groups is 2. The average Bonchev–Trinajstić information content (AvgIpc) is 3.39. The van der Waals surface area contributed by atoms with Gasteiger partial charge in [0.1, 0.15) is 17.6 Å². The van der Waals surface area contributed by atoms with Crippen LogP contribution < -0.4 is 14.2 Å². The zero-order valence-corrected chi connectivity index (χ0v) is 21.9. The highest BCUT2D eigenvalue weighted by Gasteiger charge is 2.46. The zero-order chi connectivity index (χ0) is 26.5. The Morgan fingerprint density at radius 1 is 1.08 bits per heavy atom. The zero-order valence-electron chi connectivity index (χ0n) is 21.9. The Morgan fingerprint density at radius 2 is 1.89 bits per heavy atom. The monoisotopic (exact) mass is 509 g/mol. The molecule has 0 aliphatic carbocycles. The molecule has 1 saturated heterocycles. The van der Waals surface area contributed by atoms with E-state index in [9.17, 15) is 14.7 Å². The third kappa shape index (κ3) is 5.44. The van der Waals surface area contributed by atoms with E-state index in [1.807, 2.05) is 19.1 Å².